The van der Waals surface area contributed by atoms with Gasteiger partial charge in [-0.25, -0.2) is 8.70 Å². The zero-order valence-electron chi connectivity index (χ0n) is 16.9. The van der Waals surface area contributed by atoms with Gasteiger partial charge in [0, 0.05) is 19.1 Å². The molecule has 8 heteroatoms. The average molecular weight is 434 g/mol. The maximum atomic E-state index is 14.4. The Balaban J connectivity index is 1.49. The van der Waals surface area contributed by atoms with Crippen molar-refractivity contribution in [2.24, 2.45) is 0 Å². The lowest BCUT2D eigenvalue weighted by Crippen LogP contribution is -2.40. The molecular formula is C22H28FN3O3S. The van der Waals surface area contributed by atoms with Gasteiger partial charge in [0.15, 0.2) is 0 Å². The molecule has 0 amide bonds. The van der Waals surface area contributed by atoms with Gasteiger partial charge in [-0.1, -0.05) is 43.5 Å². The molecule has 162 valence electrons. The molecule has 30 heavy (non-hydrogen) atoms. The van der Waals surface area contributed by atoms with Crippen molar-refractivity contribution in [1.29, 1.82) is 0 Å². The molecule has 0 spiro atoms. The molecule has 0 radical (unpaired) electrons. The standard InChI is InChI=1S/C22H28FN3O3S/c23-19-10-4-5-11-20(19)26-22-13-7-6-12-21(22)25(30(26,28)29)15-14-18(27)16-24-17-8-2-1-3-9-17/h4-7,10-13,17-18,24,27H,1-3,8-9,14-16H2/t18-/m0/s1. The first-order valence-electron chi connectivity index (χ1n) is 10.6. The van der Waals surface area contributed by atoms with Gasteiger partial charge in [0.2, 0.25) is 0 Å². The van der Waals surface area contributed by atoms with E-state index in [-0.39, 0.29) is 12.2 Å². The second-order valence-corrected chi connectivity index (χ2v) is 9.67. The van der Waals surface area contributed by atoms with Crippen molar-refractivity contribution < 1.29 is 17.9 Å². The number of aliphatic hydroxyl groups is 1. The number of fused-ring (bicyclic) bond motifs is 1. The fourth-order valence-electron chi connectivity index (χ4n) is 4.28. The molecule has 1 aliphatic carbocycles. The van der Waals surface area contributed by atoms with Crippen molar-refractivity contribution in [2.75, 3.05) is 21.7 Å². The normalized spacial score (nSPS) is 19.7. The lowest BCUT2D eigenvalue weighted by atomic mass is 9.95. The van der Waals surface area contributed by atoms with Gasteiger partial charge in [0.1, 0.15) is 5.82 Å². The number of nitrogens with one attached hydrogen (secondary N) is 1. The van der Waals surface area contributed by atoms with Gasteiger partial charge >= 0.3 is 10.2 Å². The van der Waals surface area contributed by atoms with Gasteiger partial charge in [-0.05, 0) is 43.5 Å². The van der Waals surface area contributed by atoms with Gasteiger partial charge in [-0.3, -0.25) is 4.31 Å². The summed E-state index contributed by atoms with van der Waals surface area (Å²) in [5, 5.41) is 13.8. The predicted octanol–water partition coefficient (Wildman–Crippen LogP) is 3.70. The number of nitrogens with zero attached hydrogens (tertiary/aromatic N) is 2. The van der Waals surface area contributed by atoms with Gasteiger partial charge in [-0.2, -0.15) is 8.42 Å². The van der Waals surface area contributed by atoms with E-state index in [0.717, 1.165) is 17.1 Å². The van der Waals surface area contributed by atoms with Crippen LogP contribution < -0.4 is 13.9 Å². The first kappa shape index (κ1) is 21.1. The van der Waals surface area contributed by atoms with E-state index in [2.05, 4.69) is 5.32 Å². The molecule has 1 atom stereocenters. The van der Waals surface area contributed by atoms with E-state index in [0.29, 0.717) is 30.4 Å². The quantitative estimate of drug-likeness (QED) is 0.698. The minimum Gasteiger partial charge on any atom is -0.392 e. The summed E-state index contributed by atoms with van der Waals surface area (Å²) < 4.78 is 43.3. The summed E-state index contributed by atoms with van der Waals surface area (Å²) in [5.74, 6) is -0.602. The highest BCUT2D eigenvalue weighted by atomic mass is 32.2. The zero-order chi connectivity index (χ0) is 21.1. The Morgan fingerprint density at radius 3 is 2.33 bits per heavy atom. The number of rotatable bonds is 7. The summed E-state index contributed by atoms with van der Waals surface area (Å²) in [7, 11) is -4.00. The molecular weight excluding hydrogens is 405 g/mol. The molecule has 1 aliphatic heterocycles. The van der Waals surface area contributed by atoms with E-state index in [1.807, 2.05) is 0 Å². The average Bonchev–Trinajstić information content (AvgIpc) is 2.97. The van der Waals surface area contributed by atoms with E-state index < -0.39 is 22.1 Å². The van der Waals surface area contributed by atoms with E-state index in [1.165, 1.54) is 41.8 Å². The highest BCUT2D eigenvalue weighted by Gasteiger charge is 2.42. The molecule has 4 rings (SSSR count). The Bertz CT molecular complexity index is 979. The Labute approximate surface area is 177 Å². The maximum absolute atomic E-state index is 14.4. The Hall–Kier alpha value is -2.16. The fourth-order valence-corrected chi connectivity index (χ4v) is 6.01. The minimum absolute atomic E-state index is 0.00744. The first-order chi connectivity index (χ1) is 14.5. The maximum Gasteiger partial charge on any atom is 0.331 e. The number of hydrogen-bond donors (Lipinski definition) is 2. The summed E-state index contributed by atoms with van der Waals surface area (Å²) in [6.07, 6.45) is 5.57. The van der Waals surface area contributed by atoms with Crippen LogP contribution in [0.3, 0.4) is 0 Å². The third-order valence-corrected chi connectivity index (χ3v) is 7.65. The van der Waals surface area contributed by atoms with E-state index >= 15 is 0 Å². The molecule has 0 saturated heterocycles. The summed E-state index contributed by atoms with van der Waals surface area (Å²) in [6.45, 7) is 0.565. The van der Waals surface area contributed by atoms with Crippen LogP contribution in [0.2, 0.25) is 0 Å². The van der Waals surface area contributed by atoms with Crippen molar-refractivity contribution in [3.05, 3.63) is 54.3 Å². The van der Waals surface area contributed by atoms with Crippen LogP contribution in [0.25, 0.3) is 0 Å². The molecule has 0 unspecified atom stereocenters. The van der Waals surface area contributed by atoms with Crippen LogP contribution >= 0.6 is 0 Å². The largest absolute Gasteiger partial charge is 0.392 e. The molecule has 2 aromatic carbocycles. The SMILES string of the molecule is O=S1(=O)N(CC[C@H](O)CNC2CCCCC2)c2ccccc2N1c1ccccc1F. The fraction of sp³-hybridized carbons (Fsp3) is 0.455. The summed E-state index contributed by atoms with van der Waals surface area (Å²) >= 11 is 0. The van der Waals surface area contributed by atoms with Crippen molar-refractivity contribution in [2.45, 2.75) is 50.7 Å². The van der Waals surface area contributed by atoms with Crippen LogP contribution in [0.1, 0.15) is 38.5 Å². The topological polar surface area (TPSA) is 72.9 Å². The minimum atomic E-state index is -4.00. The smallest absolute Gasteiger partial charge is 0.331 e. The first-order valence-corrected chi connectivity index (χ1v) is 12.0. The Morgan fingerprint density at radius 2 is 1.63 bits per heavy atom. The molecule has 0 bridgehead atoms. The molecule has 6 nitrogen and oxygen atoms in total. The molecule has 2 aliphatic rings. The second-order valence-electron chi connectivity index (χ2n) is 7.97. The summed E-state index contributed by atoms with van der Waals surface area (Å²) in [5.41, 5.74) is 0.901. The van der Waals surface area contributed by atoms with Crippen molar-refractivity contribution >= 4 is 27.3 Å². The number of para-hydroxylation sites is 3. The predicted molar refractivity (Wildman–Crippen MR) is 117 cm³/mol. The Morgan fingerprint density at radius 1 is 1.00 bits per heavy atom. The summed E-state index contributed by atoms with van der Waals surface area (Å²) in [6, 6.07) is 13.1. The molecule has 1 heterocycles. The van der Waals surface area contributed by atoms with Crippen molar-refractivity contribution in [1.82, 2.24) is 5.32 Å². The van der Waals surface area contributed by atoms with Crippen LogP contribution in [0.15, 0.2) is 48.5 Å². The van der Waals surface area contributed by atoms with Crippen LogP contribution in [0.5, 0.6) is 0 Å². The number of hydrogen-bond acceptors (Lipinski definition) is 4. The van der Waals surface area contributed by atoms with E-state index in [1.54, 1.807) is 30.3 Å². The molecule has 2 N–H and O–H groups in total. The monoisotopic (exact) mass is 433 g/mol. The second kappa shape index (κ2) is 8.91. The third-order valence-electron chi connectivity index (χ3n) is 5.86. The van der Waals surface area contributed by atoms with Gasteiger partial charge < -0.3 is 10.4 Å². The highest BCUT2D eigenvalue weighted by molar-refractivity contribution is 7.95. The molecule has 2 aromatic rings. The van der Waals surface area contributed by atoms with Crippen LogP contribution in [0, 0.1) is 5.82 Å². The number of halogens is 1. The molecule has 1 fully saturated rings. The zero-order valence-corrected chi connectivity index (χ0v) is 17.7. The lowest BCUT2D eigenvalue weighted by molar-refractivity contribution is 0.156. The van der Waals surface area contributed by atoms with Gasteiger partial charge in [-0.15, -0.1) is 0 Å². The Kier molecular flexibility index (Phi) is 6.26. The van der Waals surface area contributed by atoms with Crippen molar-refractivity contribution in [3.63, 3.8) is 0 Å². The summed E-state index contributed by atoms with van der Waals surface area (Å²) in [4.78, 5) is 0. The van der Waals surface area contributed by atoms with E-state index in [4.69, 9.17) is 0 Å². The number of aliphatic hydroxyl groups excluding tert-OH is 1. The van der Waals surface area contributed by atoms with Crippen LogP contribution in [-0.4, -0.2) is 38.8 Å². The van der Waals surface area contributed by atoms with Crippen molar-refractivity contribution in [3.8, 4) is 0 Å². The number of benzene rings is 2. The molecule has 1 saturated carbocycles. The van der Waals surface area contributed by atoms with Crippen LogP contribution in [0.4, 0.5) is 21.5 Å². The lowest BCUT2D eigenvalue weighted by Gasteiger charge is -2.25. The number of anilines is 3. The van der Waals surface area contributed by atoms with Gasteiger partial charge in [0.25, 0.3) is 0 Å². The molecule has 0 aromatic heterocycles. The van der Waals surface area contributed by atoms with Gasteiger partial charge in [0.05, 0.1) is 23.2 Å². The van der Waals surface area contributed by atoms with E-state index in [9.17, 15) is 17.9 Å². The third kappa shape index (κ3) is 4.17. The highest BCUT2D eigenvalue weighted by Crippen LogP contribution is 2.45. The van der Waals surface area contributed by atoms with Crippen LogP contribution in [-0.2, 0) is 10.2 Å².